The number of nitrogens with zero attached hydrogens (tertiary/aromatic N) is 2. The van der Waals surface area contributed by atoms with Crippen LogP contribution in [0.2, 0.25) is 0 Å². The maximum atomic E-state index is 14.1. The van der Waals surface area contributed by atoms with Crippen molar-refractivity contribution in [3.8, 4) is 5.75 Å². The van der Waals surface area contributed by atoms with Gasteiger partial charge in [-0.25, -0.2) is 4.39 Å². The lowest BCUT2D eigenvalue weighted by atomic mass is 10.0. The molecule has 172 valence electrons. The second kappa shape index (κ2) is 9.65. The van der Waals surface area contributed by atoms with Gasteiger partial charge in [-0.1, -0.05) is 18.2 Å². The maximum absolute atomic E-state index is 14.1. The zero-order chi connectivity index (χ0) is 22.8. The number of thiophene rings is 2. The Kier molecular flexibility index (Phi) is 6.46. The molecule has 1 aromatic carbocycles. The Morgan fingerprint density at radius 2 is 1.94 bits per heavy atom. The van der Waals surface area contributed by atoms with E-state index in [0.717, 1.165) is 24.8 Å². The Morgan fingerprint density at radius 1 is 1.09 bits per heavy atom. The van der Waals surface area contributed by atoms with Crippen LogP contribution in [0.25, 0.3) is 0 Å². The predicted octanol–water partition coefficient (Wildman–Crippen LogP) is 5.01. The van der Waals surface area contributed by atoms with Crippen LogP contribution in [0.5, 0.6) is 5.75 Å². The van der Waals surface area contributed by atoms with E-state index in [4.69, 9.17) is 4.74 Å². The number of hydrogen-bond acceptors (Lipinski definition) is 5. The Labute approximate surface area is 200 Å². The van der Waals surface area contributed by atoms with E-state index >= 15 is 0 Å². The molecule has 1 atom stereocenters. The van der Waals surface area contributed by atoms with Gasteiger partial charge in [0.05, 0.1) is 10.9 Å². The molecule has 5 rings (SSSR count). The van der Waals surface area contributed by atoms with Crippen molar-refractivity contribution >= 4 is 34.5 Å². The van der Waals surface area contributed by atoms with Gasteiger partial charge in [0.15, 0.2) is 11.6 Å². The number of carbonyl (C=O) groups is 2. The molecule has 1 unspecified atom stereocenters. The summed E-state index contributed by atoms with van der Waals surface area (Å²) in [6.07, 6.45) is 2.98. The van der Waals surface area contributed by atoms with Gasteiger partial charge < -0.3 is 14.5 Å². The quantitative estimate of drug-likeness (QED) is 0.452. The molecule has 1 fully saturated rings. The summed E-state index contributed by atoms with van der Waals surface area (Å²) in [5.74, 6) is 0.0493. The molecule has 5 nitrogen and oxygen atoms in total. The number of carbonyl (C=O) groups excluding carboxylic acids is 2. The molecule has 3 heterocycles. The molecule has 2 aliphatic rings. The SMILES string of the molecule is O=C(c1cccs1)N(CC(=O)N1CCc2sccc2C1COc1ccccc1F)CC1CC1. The van der Waals surface area contributed by atoms with Crippen molar-refractivity contribution in [2.75, 3.05) is 26.2 Å². The fourth-order valence-corrected chi connectivity index (χ4v) is 5.87. The van der Waals surface area contributed by atoms with Gasteiger partial charge in [-0.05, 0) is 65.8 Å². The lowest BCUT2D eigenvalue weighted by molar-refractivity contribution is -0.135. The van der Waals surface area contributed by atoms with E-state index in [0.29, 0.717) is 23.9 Å². The zero-order valence-corrected chi connectivity index (χ0v) is 19.7. The lowest BCUT2D eigenvalue weighted by Crippen LogP contribution is -2.48. The van der Waals surface area contributed by atoms with Crippen LogP contribution in [-0.2, 0) is 11.2 Å². The highest BCUT2D eigenvalue weighted by atomic mass is 32.1. The minimum atomic E-state index is -0.422. The molecular weight excluding hydrogens is 459 g/mol. The average molecular weight is 485 g/mol. The van der Waals surface area contributed by atoms with Gasteiger partial charge in [-0.3, -0.25) is 9.59 Å². The molecule has 8 heteroatoms. The smallest absolute Gasteiger partial charge is 0.264 e. The van der Waals surface area contributed by atoms with E-state index in [-0.39, 0.29) is 36.8 Å². The van der Waals surface area contributed by atoms with Crippen molar-refractivity contribution in [2.45, 2.75) is 25.3 Å². The summed E-state index contributed by atoms with van der Waals surface area (Å²) in [7, 11) is 0. The highest BCUT2D eigenvalue weighted by Gasteiger charge is 2.35. The third kappa shape index (κ3) is 4.96. The third-order valence-electron chi connectivity index (χ3n) is 6.17. The number of ether oxygens (including phenoxy) is 1. The van der Waals surface area contributed by atoms with E-state index in [2.05, 4.69) is 0 Å². The van der Waals surface area contributed by atoms with E-state index in [9.17, 15) is 14.0 Å². The molecule has 1 saturated carbocycles. The molecule has 0 N–H and O–H groups in total. The van der Waals surface area contributed by atoms with Gasteiger partial charge in [0, 0.05) is 18.0 Å². The van der Waals surface area contributed by atoms with Crippen LogP contribution in [0.3, 0.4) is 0 Å². The summed E-state index contributed by atoms with van der Waals surface area (Å²) >= 11 is 3.07. The van der Waals surface area contributed by atoms with Crippen molar-refractivity contribution in [1.29, 1.82) is 0 Å². The molecule has 2 amide bonds. The topological polar surface area (TPSA) is 49.9 Å². The van der Waals surface area contributed by atoms with E-state index in [1.807, 2.05) is 22.9 Å². The van der Waals surface area contributed by atoms with Crippen molar-refractivity contribution in [3.05, 3.63) is 74.4 Å². The Morgan fingerprint density at radius 3 is 2.70 bits per heavy atom. The summed E-state index contributed by atoms with van der Waals surface area (Å²) in [4.78, 5) is 32.0. The summed E-state index contributed by atoms with van der Waals surface area (Å²) in [6.45, 7) is 1.37. The predicted molar refractivity (Wildman–Crippen MR) is 127 cm³/mol. The first-order chi connectivity index (χ1) is 16.1. The van der Waals surface area contributed by atoms with Crippen molar-refractivity contribution in [3.63, 3.8) is 0 Å². The molecule has 33 heavy (non-hydrogen) atoms. The minimum Gasteiger partial charge on any atom is -0.488 e. The summed E-state index contributed by atoms with van der Waals surface area (Å²) < 4.78 is 19.9. The fraction of sp³-hybridized carbons (Fsp3) is 0.360. The molecular formula is C25H25FN2O3S2. The zero-order valence-electron chi connectivity index (χ0n) is 18.1. The number of halogens is 1. The molecule has 0 spiro atoms. The van der Waals surface area contributed by atoms with Crippen LogP contribution in [0.4, 0.5) is 4.39 Å². The molecule has 3 aromatic rings. The molecule has 0 bridgehead atoms. The highest BCUT2D eigenvalue weighted by Crippen LogP contribution is 2.35. The van der Waals surface area contributed by atoms with Crippen LogP contribution in [-0.4, -0.2) is 47.9 Å². The van der Waals surface area contributed by atoms with Crippen LogP contribution in [0, 0.1) is 11.7 Å². The van der Waals surface area contributed by atoms with Crippen LogP contribution >= 0.6 is 22.7 Å². The van der Waals surface area contributed by atoms with E-state index < -0.39 is 5.82 Å². The van der Waals surface area contributed by atoms with E-state index in [1.54, 1.807) is 45.4 Å². The molecule has 2 aromatic heterocycles. The van der Waals surface area contributed by atoms with Gasteiger partial charge in [-0.2, -0.15) is 0 Å². The Balaban J connectivity index is 1.34. The number of para-hydroxylation sites is 1. The number of benzene rings is 1. The van der Waals surface area contributed by atoms with Gasteiger partial charge in [0.25, 0.3) is 5.91 Å². The molecule has 1 aliphatic heterocycles. The first-order valence-electron chi connectivity index (χ1n) is 11.2. The average Bonchev–Trinajstić information content (AvgIpc) is 3.26. The minimum absolute atomic E-state index is 0.0445. The second-order valence-electron chi connectivity index (χ2n) is 8.50. The van der Waals surface area contributed by atoms with E-state index in [1.165, 1.54) is 22.3 Å². The van der Waals surface area contributed by atoms with Gasteiger partial charge in [0.2, 0.25) is 5.91 Å². The number of rotatable bonds is 8. The first-order valence-corrected chi connectivity index (χ1v) is 12.9. The summed E-state index contributed by atoms with van der Waals surface area (Å²) in [6, 6.07) is 11.7. The summed E-state index contributed by atoms with van der Waals surface area (Å²) in [5.41, 5.74) is 1.05. The highest BCUT2D eigenvalue weighted by molar-refractivity contribution is 7.12. The Hall–Kier alpha value is -2.71. The summed E-state index contributed by atoms with van der Waals surface area (Å²) in [5, 5.41) is 3.90. The first kappa shape index (κ1) is 22.1. The van der Waals surface area contributed by atoms with Crippen molar-refractivity contribution < 1.29 is 18.7 Å². The number of fused-ring (bicyclic) bond motifs is 1. The monoisotopic (exact) mass is 484 g/mol. The normalized spacial score (nSPS) is 17.5. The van der Waals surface area contributed by atoms with Crippen molar-refractivity contribution in [1.82, 2.24) is 9.80 Å². The standard InChI is InChI=1S/C25H25FN2O3S2/c26-19-4-1-2-5-21(19)31-16-20-18-10-13-33-22(18)9-11-28(20)24(29)15-27(14-17-7-8-17)25(30)23-6-3-12-32-23/h1-6,10,12-13,17,20H,7-9,11,14-16H2. The maximum Gasteiger partial charge on any atom is 0.264 e. The second-order valence-corrected chi connectivity index (χ2v) is 10.4. The van der Waals surface area contributed by atoms with Crippen LogP contribution in [0.1, 0.15) is 39.0 Å². The van der Waals surface area contributed by atoms with Gasteiger partial charge in [-0.15, -0.1) is 22.7 Å². The number of hydrogen-bond donors (Lipinski definition) is 0. The largest absolute Gasteiger partial charge is 0.488 e. The van der Waals surface area contributed by atoms with Crippen molar-refractivity contribution in [2.24, 2.45) is 5.92 Å². The van der Waals surface area contributed by atoms with Crippen LogP contribution < -0.4 is 4.74 Å². The lowest BCUT2D eigenvalue weighted by Gasteiger charge is -2.37. The van der Waals surface area contributed by atoms with Gasteiger partial charge in [0.1, 0.15) is 13.2 Å². The molecule has 0 radical (unpaired) electrons. The fourth-order valence-electron chi connectivity index (χ4n) is 4.25. The van der Waals surface area contributed by atoms with Crippen LogP contribution in [0.15, 0.2) is 53.2 Å². The number of amides is 2. The molecule has 1 aliphatic carbocycles. The Bertz CT molecular complexity index is 1130. The third-order valence-corrected chi connectivity index (χ3v) is 8.02. The van der Waals surface area contributed by atoms with Gasteiger partial charge >= 0.3 is 0 Å². The molecule has 0 saturated heterocycles.